The molecule has 0 unspecified atom stereocenters. The largest absolute Gasteiger partial charge is 0.493 e. The molecule has 0 saturated heterocycles. The Labute approximate surface area is 148 Å². The lowest BCUT2D eigenvalue weighted by Gasteiger charge is -2.23. The summed E-state index contributed by atoms with van der Waals surface area (Å²) >= 11 is 0. The maximum absolute atomic E-state index is 12.3. The number of methoxy groups -OCH3 is 2. The number of hydrogen-bond donors (Lipinski definition) is 1. The Bertz CT molecular complexity index is 735. The number of rotatable bonds is 6. The molecular weight excluding hydrogens is 318 g/mol. The van der Waals surface area contributed by atoms with E-state index in [9.17, 15) is 4.79 Å². The molecule has 1 N–H and O–H groups in total. The van der Waals surface area contributed by atoms with E-state index in [-0.39, 0.29) is 17.9 Å². The van der Waals surface area contributed by atoms with Gasteiger partial charge in [-0.2, -0.15) is 0 Å². The summed E-state index contributed by atoms with van der Waals surface area (Å²) in [6, 6.07) is 13.1. The molecule has 0 aromatic heterocycles. The quantitative estimate of drug-likeness (QED) is 0.861. The Balaban J connectivity index is 2.08. The van der Waals surface area contributed by atoms with Gasteiger partial charge in [-0.1, -0.05) is 45.0 Å². The van der Waals surface area contributed by atoms with Crippen LogP contribution in [-0.4, -0.2) is 26.7 Å². The predicted octanol–water partition coefficient (Wildman–Crippen LogP) is 4.02. The molecule has 2 aromatic carbocycles. The third kappa shape index (κ3) is 4.66. The van der Waals surface area contributed by atoms with Crippen molar-refractivity contribution >= 4 is 11.6 Å². The molecule has 0 bridgehead atoms. The van der Waals surface area contributed by atoms with E-state index in [1.54, 1.807) is 25.3 Å². The number of amides is 1. The summed E-state index contributed by atoms with van der Waals surface area (Å²) in [5.74, 6) is 1.24. The molecule has 0 aliphatic carbocycles. The molecule has 0 radical (unpaired) electrons. The van der Waals surface area contributed by atoms with Crippen molar-refractivity contribution in [1.82, 2.24) is 0 Å². The minimum absolute atomic E-state index is 0.0687. The van der Waals surface area contributed by atoms with Gasteiger partial charge >= 0.3 is 0 Å². The number of nitrogens with one attached hydrogen (secondary N) is 1. The number of benzene rings is 2. The van der Waals surface area contributed by atoms with Crippen LogP contribution in [0.3, 0.4) is 0 Å². The number of carbonyl (C=O) groups is 1. The molecule has 0 spiro atoms. The number of hydrogen-bond acceptors (Lipinski definition) is 4. The first-order chi connectivity index (χ1) is 11.9. The normalized spacial score (nSPS) is 10.9. The average Bonchev–Trinajstić information content (AvgIpc) is 2.59. The molecule has 1 amide bonds. The molecule has 0 aliphatic rings. The highest BCUT2D eigenvalue weighted by Gasteiger charge is 2.19. The van der Waals surface area contributed by atoms with Crippen molar-refractivity contribution in [3.8, 4) is 17.2 Å². The maximum atomic E-state index is 12.3. The molecule has 2 aromatic rings. The minimum Gasteiger partial charge on any atom is -0.493 e. The van der Waals surface area contributed by atoms with Crippen molar-refractivity contribution < 1.29 is 19.0 Å². The van der Waals surface area contributed by atoms with Gasteiger partial charge in [-0.15, -0.1) is 0 Å². The minimum atomic E-state index is -0.235. The van der Waals surface area contributed by atoms with Crippen molar-refractivity contribution in [2.24, 2.45) is 0 Å². The van der Waals surface area contributed by atoms with E-state index >= 15 is 0 Å². The Hall–Kier alpha value is -2.69. The third-order valence-electron chi connectivity index (χ3n) is 3.73. The molecule has 2 rings (SSSR count). The van der Waals surface area contributed by atoms with Crippen molar-refractivity contribution in [3.05, 3.63) is 48.0 Å². The van der Waals surface area contributed by atoms with Crippen LogP contribution >= 0.6 is 0 Å². The molecule has 5 heteroatoms. The van der Waals surface area contributed by atoms with Crippen LogP contribution in [0.4, 0.5) is 5.69 Å². The van der Waals surface area contributed by atoms with Gasteiger partial charge in [0.1, 0.15) is 0 Å². The van der Waals surface area contributed by atoms with Gasteiger partial charge in [-0.25, -0.2) is 0 Å². The predicted molar refractivity (Wildman–Crippen MR) is 98.8 cm³/mol. The fourth-order valence-electron chi connectivity index (χ4n) is 2.55. The summed E-state index contributed by atoms with van der Waals surface area (Å²) in [4.78, 5) is 12.3. The third-order valence-corrected chi connectivity index (χ3v) is 3.73. The van der Waals surface area contributed by atoms with Crippen LogP contribution in [0.25, 0.3) is 0 Å². The lowest BCUT2D eigenvalue weighted by molar-refractivity contribution is -0.118. The van der Waals surface area contributed by atoms with Gasteiger partial charge in [-0.05, 0) is 29.2 Å². The van der Waals surface area contributed by atoms with Crippen LogP contribution in [0.1, 0.15) is 26.3 Å². The highest BCUT2D eigenvalue weighted by atomic mass is 16.5. The van der Waals surface area contributed by atoms with E-state index in [0.717, 1.165) is 11.3 Å². The van der Waals surface area contributed by atoms with Gasteiger partial charge in [0.15, 0.2) is 18.1 Å². The number of anilines is 1. The second kappa shape index (κ2) is 7.92. The Morgan fingerprint density at radius 3 is 2.28 bits per heavy atom. The smallest absolute Gasteiger partial charge is 0.262 e. The fraction of sp³-hybridized carbons (Fsp3) is 0.350. The summed E-state index contributed by atoms with van der Waals surface area (Å²) in [6.07, 6.45) is 0. The molecule has 0 atom stereocenters. The first-order valence-corrected chi connectivity index (χ1v) is 8.10. The number of ether oxygens (including phenoxy) is 3. The first-order valence-electron chi connectivity index (χ1n) is 8.10. The zero-order chi connectivity index (χ0) is 18.4. The van der Waals surface area contributed by atoms with Crippen LogP contribution in [0.2, 0.25) is 0 Å². The van der Waals surface area contributed by atoms with Crippen LogP contribution in [0.15, 0.2) is 42.5 Å². The molecule has 0 heterocycles. The Morgan fingerprint density at radius 2 is 1.64 bits per heavy atom. The molecule has 0 aliphatic heterocycles. The van der Waals surface area contributed by atoms with Crippen molar-refractivity contribution in [2.75, 3.05) is 26.1 Å². The van der Waals surface area contributed by atoms with Crippen LogP contribution < -0.4 is 19.5 Å². The van der Waals surface area contributed by atoms with Gasteiger partial charge in [0.25, 0.3) is 5.91 Å². The molecule has 0 fully saturated rings. The fourth-order valence-corrected chi connectivity index (χ4v) is 2.55. The summed E-state index contributed by atoms with van der Waals surface area (Å²) in [6.45, 7) is 6.20. The van der Waals surface area contributed by atoms with E-state index in [0.29, 0.717) is 17.2 Å². The summed E-state index contributed by atoms with van der Waals surface area (Å²) in [7, 11) is 3.09. The average molecular weight is 343 g/mol. The molecule has 25 heavy (non-hydrogen) atoms. The Morgan fingerprint density at radius 1 is 0.960 bits per heavy atom. The number of para-hydroxylation sites is 2. The zero-order valence-electron chi connectivity index (χ0n) is 15.4. The lowest BCUT2D eigenvalue weighted by atomic mass is 9.86. The maximum Gasteiger partial charge on any atom is 0.262 e. The van der Waals surface area contributed by atoms with E-state index in [1.165, 1.54) is 7.11 Å². The van der Waals surface area contributed by atoms with Gasteiger partial charge in [0, 0.05) is 5.69 Å². The van der Waals surface area contributed by atoms with Gasteiger partial charge in [-0.3, -0.25) is 4.79 Å². The summed E-state index contributed by atoms with van der Waals surface area (Å²) < 4.78 is 16.1. The zero-order valence-corrected chi connectivity index (χ0v) is 15.4. The monoisotopic (exact) mass is 343 g/mol. The van der Waals surface area contributed by atoms with Crippen molar-refractivity contribution in [2.45, 2.75) is 26.2 Å². The Kier molecular flexibility index (Phi) is 5.91. The second-order valence-corrected chi connectivity index (χ2v) is 6.62. The van der Waals surface area contributed by atoms with Gasteiger partial charge in [0.2, 0.25) is 5.75 Å². The summed E-state index contributed by atoms with van der Waals surface area (Å²) in [5.41, 5.74) is 1.80. The van der Waals surface area contributed by atoms with Crippen LogP contribution in [0, 0.1) is 0 Å². The SMILES string of the molecule is COc1cccc(OCC(=O)Nc2ccccc2C(C)(C)C)c1OC. The molecular formula is C20H25NO4. The summed E-state index contributed by atoms with van der Waals surface area (Å²) in [5, 5.41) is 2.92. The second-order valence-electron chi connectivity index (χ2n) is 6.62. The lowest BCUT2D eigenvalue weighted by Crippen LogP contribution is -2.23. The van der Waals surface area contributed by atoms with Gasteiger partial charge < -0.3 is 19.5 Å². The van der Waals surface area contributed by atoms with Crippen LogP contribution in [0.5, 0.6) is 17.2 Å². The van der Waals surface area contributed by atoms with E-state index in [1.807, 2.05) is 24.3 Å². The number of carbonyl (C=O) groups excluding carboxylic acids is 1. The molecule has 0 saturated carbocycles. The van der Waals surface area contributed by atoms with E-state index in [4.69, 9.17) is 14.2 Å². The topological polar surface area (TPSA) is 56.8 Å². The standard InChI is InChI=1S/C20H25NO4/c1-20(2,3)14-9-6-7-10-15(14)21-18(22)13-25-17-12-8-11-16(23-4)19(17)24-5/h6-12H,13H2,1-5H3,(H,21,22). The van der Waals surface area contributed by atoms with Crippen molar-refractivity contribution in [1.29, 1.82) is 0 Å². The van der Waals surface area contributed by atoms with E-state index in [2.05, 4.69) is 26.1 Å². The van der Waals surface area contributed by atoms with Crippen LogP contribution in [-0.2, 0) is 10.2 Å². The first kappa shape index (κ1) is 18.6. The highest BCUT2D eigenvalue weighted by Crippen LogP contribution is 2.36. The highest BCUT2D eigenvalue weighted by molar-refractivity contribution is 5.92. The van der Waals surface area contributed by atoms with E-state index < -0.39 is 0 Å². The molecule has 5 nitrogen and oxygen atoms in total. The van der Waals surface area contributed by atoms with Gasteiger partial charge in [0.05, 0.1) is 14.2 Å². The van der Waals surface area contributed by atoms with Crippen molar-refractivity contribution in [3.63, 3.8) is 0 Å². The molecule has 134 valence electrons.